The van der Waals surface area contributed by atoms with Crippen LogP contribution in [0.3, 0.4) is 0 Å². The van der Waals surface area contributed by atoms with Gasteiger partial charge in [0.2, 0.25) is 0 Å². The largest absolute Gasteiger partial charge is 0.472 e. The molecule has 396 valence electrons. The maximum atomic E-state index is 12.7. The number of quaternary nitrogens is 1. The summed E-state index contributed by atoms with van der Waals surface area (Å²) < 4.78 is 34.5. The van der Waals surface area contributed by atoms with Crippen LogP contribution in [0.25, 0.3) is 0 Å². The third-order valence-electron chi connectivity index (χ3n) is 12.7. The summed E-state index contributed by atoms with van der Waals surface area (Å²) in [7, 11) is 1.48. The van der Waals surface area contributed by atoms with E-state index in [1.165, 1.54) is 180 Å². The predicted octanol–water partition coefficient (Wildman–Crippen LogP) is 17.4. The highest BCUT2D eigenvalue weighted by Crippen LogP contribution is 2.43. The van der Waals surface area contributed by atoms with E-state index < -0.39 is 26.5 Å². The van der Waals surface area contributed by atoms with E-state index in [1.807, 2.05) is 21.1 Å². The fourth-order valence-electron chi connectivity index (χ4n) is 8.29. The lowest BCUT2D eigenvalue weighted by atomic mass is 10.0. The Morgan fingerprint density at radius 3 is 1.24 bits per heavy atom. The van der Waals surface area contributed by atoms with Crippen LogP contribution in [0.4, 0.5) is 0 Å². The molecule has 9 nitrogen and oxygen atoms in total. The van der Waals surface area contributed by atoms with Gasteiger partial charge < -0.3 is 18.9 Å². The topological polar surface area (TPSA) is 108 Å². The van der Waals surface area contributed by atoms with Crippen LogP contribution in [0.1, 0.15) is 277 Å². The van der Waals surface area contributed by atoms with Gasteiger partial charge in [0.15, 0.2) is 6.10 Å². The Morgan fingerprint density at radius 2 is 0.836 bits per heavy atom. The quantitative estimate of drug-likeness (QED) is 0.0211. The number of phosphoric ester groups is 1. The van der Waals surface area contributed by atoms with Gasteiger partial charge in [-0.15, -0.1) is 0 Å². The molecule has 1 N–H and O–H groups in total. The van der Waals surface area contributed by atoms with Crippen LogP contribution in [0.2, 0.25) is 0 Å². The van der Waals surface area contributed by atoms with E-state index in [4.69, 9.17) is 18.5 Å². The van der Waals surface area contributed by atoms with Crippen LogP contribution in [0, 0.1) is 0 Å². The highest BCUT2D eigenvalue weighted by Gasteiger charge is 2.27. The molecule has 0 heterocycles. The molecule has 0 rings (SSSR count). The number of hydrogen-bond acceptors (Lipinski definition) is 7. The van der Waals surface area contributed by atoms with E-state index in [2.05, 4.69) is 38.2 Å². The Morgan fingerprint density at radius 1 is 0.463 bits per heavy atom. The number of esters is 2. The molecule has 0 fully saturated rings. The predicted molar refractivity (Wildman–Crippen MR) is 284 cm³/mol. The van der Waals surface area contributed by atoms with Gasteiger partial charge in [0.25, 0.3) is 0 Å². The molecule has 0 aliphatic rings. The first-order chi connectivity index (χ1) is 32.5. The summed E-state index contributed by atoms with van der Waals surface area (Å²) in [4.78, 5) is 35.5. The van der Waals surface area contributed by atoms with E-state index in [0.29, 0.717) is 23.9 Å². The number of unbranched alkanes of at least 4 members (excludes halogenated alkanes) is 35. The zero-order chi connectivity index (χ0) is 49.2. The average Bonchev–Trinajstić information content (AvgIpc) is 3.29. The van der Waals surface area contributed by atoms with Crippen molar-refractivity contribution in [3.05, 3.63) is 24.3 Å². The molecule has 0 aromatic heterocycles. The Kier molecular flexibility index (Phi) is 48.4. The number of nitrogens with zero attached hydrogens (tertiary/aromatic N) is 1. The molecule has 0 saturated heterocycles. The first-order valence-corrected chi connectivity index (χ1v) is 30.1. The zero-order valence-corrected chi connectivity index (χ0v) is 45.8. The van der Waals surface area contributed by atoms with Gasteiger partial charge in [-0.3, -0.25) is 18.6 Å². The van der Waals surface area contributed by atoms with Gasteiger partial charge in [-0.1, -0.05) is 250 Å². The lowest BCUT2D eigenvalue weighted by Gasteiger charge is -2.24. The third-order valence-corrected chi connectivity index (χ3v) is 13.7. The van der Waals surface area contributed by atoms with E-state index >= 15 is 0 Å². The van der Waals surface area contributed by atoms with Gasteiger partial charge in [0.1, 0.15) is 19.8 Å². The molecule has 0 aliphatic heterocycles. The second kappa shape index (κ2) is 49.5. The summed E-state index contributed by atoms with van der Waals surface area (Å²) in [5.74, 6) is -0.802. The van der Waals surface area contributed by atoms with Crippen LogP contribution >= 0.6 is 7.82 Å². The summed E-state index contributed by atoms with van der Waals surface area (Å²) in [6, 6.07) is 0. The van der Waals surface area contributed by atoms with Crippen LogP contribution in [-0.4, -0.2) is 74.9 Å². The number of carbonyl (C=O) groups is 2. The molecule has 0 aliphatic carbocycles. The summed E-state index contributed by atoms with van der Waals surface area (Å²) >= 11 is 0. The molecule has 67 heavy (non-hydrogen) atoms. The number of hydrogen-bond donors (Lipinski definition) is 1. The Bertz CT molecular complexity index is 1190. The van der Waals surface area contributed by atoms with Crippen molar-refractivity contribution in [1.29, 1.82) is 0 Å². The average molecular weight is 969 g/mol. The fourth-order valence-corrected chi connectivity index (χ4v) is 9.03. The molecule has 0 amide bonds. The molecule has 2 unspecified atom stereocenters. The number of rotatable bonds is 53. The van der Waals surface area contributed by atoms with Crippen molar-refractivity contribution in [2.24, 2.45) is 0 Å². The first-order valence-electron chi connectivity index (χ1n) is 28.6. The Labute approximate surface area is 415 Å². The molecule has 2 atom stereocenters. The number of likely N-dealkylation sites (N-methyl/N-ethyl adjacent to an activating group) is 1. The Hall–Kier alpha value is -1.51. The van der Waals surface area contributed by atoms with Gasteiger partial charge in [0, 0.05) is 12.8 Å². The molecule has 0 aromatic rings. The highest BCUT2D eigenvalue weighted by atomic mass is 31.2. The van der Waals surface area contributed by atoms with E-state index in [9.17, 15) is 19.0 Å². The number of allylic oxidation sites excluding steroid dienone is 4. The van der Waals surface area contributed by atoms with Crippen molar-refractivity contribution in [2.45, 2.75) is 283 Å². The second-order valence-electron chi connectivity index (χ2n) is 20.7. The molecule has 10 heteroatoms. The van der Waals surface area contributed by atoms with Crippen molar-refractivity contribution in [3.8, 4) is 0 Å². The monoisotopic (exact) mass is 969 g/mol. The smallest absolute Gasteiger partial charge is 0.462 e. The lowest BCUT2D eigenvalue weighted by molar-refractivity contribution is -0.870. The summed E-state index contributed by atoms with van der Waals surface area (Å²) in [6.07, 6.45) is 58.4. The van der Waals surface area contributed by atoms with E-state index in [0.717, 1.165) is 64.2 Å². The minimum atomic E-state index is -4.38. The second-order valence-corrected chi connectivity index (χ2v) is 22.1. The minimum Gasteiger partial charge on any atom is -0.462 e. The molecule has 0 saturated carbocycles. The van der Waals surface area contributed by atoms with Crippen molar-refractivity contribution in [2.75, 3.05) is 47.5 Å². The van der Waals surface area contributed by atoms with Gasteiger partial charge in [-0.05, 0) is 38.5 Å². The van der Waals surface area contributed by atoms with Crippen LogP contribution < -0.4 is 0 Å². The van der Waals surface area contributed by atoms with Crippen molar-refractivity contribution >= 4 is 19.8 Å². The molecule has 0 bridgehead atoms. The first kappa shape index (κ1) is 65.5. The minimum absolute atomic E-state index is 0.0308. The number of ether oxygens (including phenoxy) is 2. The molecular weight excluding hydrogens is 858 g/mol. The lowest BCUT2D eigenvalue weighted by Crippen LogP contribution is -2.37. The van der Waals surface area contributed by atoms with Crippen LogP contribution in [0.5, 0.6) is 0 Å². The maximum absolute atomic E-state index is 12.7. The number of carbonyl (C=O) groups excluding carboxylic acids is 2. The number of phosphoric acid groups is 1. The highest BCUT2D eigenvalue weighted by molar-refractivity contribution is 7.47. The Balaban J connectivity index is 3.98. The molecular formula is C57H111NO8P+. The fraction of sp³-hybridized carbons (Fsp3) is 0.895. The summed E-state index contributed by atoms with van der Waals surface area (Å²) in [6.45, 7) is 4.39. The molecule has 0 aromatic carbocycles. The standard InChI is InChI=1S/C57H110NO8P/c1-6-8-10-12-14-16-18-20-21-22-23-24-25-26-27-28-29-30-31-32-33-34-35-36-38-39-41-43-45-47-49-56(59)63-53-55(54-65-67(61,62)64-52-51-58(3,4)5)66-57(60)50-48-46-44-42-40-37-19-17-15-13-11-9-7-2/h11,13,17,19,55H,6-10,12,14-16,18,20-54H2,1-5H3/p+1/b13-11-,19-17-. The SMILES string of the molecule is CCC/C=C\C/C=C\CCCCCCCC(=O)OC(COC(=O)CCCCCCCCCCCCCCCCCCCCCCCCCCCCCCCC)COP(=O)(O)OCC[N+](C)(C)C. The normalized spacial score (nSPS) is 13.5. The van der Waals surface area contributed by atoms with E-state index in [-0.39, 0.29) is 25.6 Å². The van der Waals surface area contributed by atoms with Crippen molar-refractivity contribution in [3.63, 3.8) is 0 Å². The van der Waals surface area contributed by atoms with Gasteiger partial charge in [0.05, 0.1) is 27.7 Å². The van der Waals surface area contributed by atoms with Gasteiger partial charge in [-0.2, -0.15) is 0 Å². The van der Waals surface area contributed by atoms with Crippen LogP contribution in [0.15, 0.2) is 24.3 Å². The maximum Gasteiger partial charge on any atom is 0.472 e. The van der Waals surface area contributed by atoms with E-state index in [1.54, 1.807) is 0 Å². The third kappa shape index (κ3) is 53.7. The van der Waals surface area contributed by atoms with Crippen molar-refractivity contribution in [1.82, 2.24) is 0 Å². The molecule has 0 radical (unpaired) electrons. The van der Waals surface area contributed by atoms with Gasteiger partial charge >= 0.3 is 19.8 Å². The van der Waals surface area contributed by atoms with Gasteiger partial charge in [-0.25, -0.2) is 4.57 Å². The summed E-state index contributed by atoms with van der Waals surface area (Å²) in [5, 5.41) is 0. The van der Waals surface area contributed by atoms with Crippen molar-refractivity contribution < 1.29 is 42.1 Å². The summed E-state index contributed by atoms with van der Waals surface area (Å²) in [5.41, 5.74) is 0. The zero-order valence-electron chi connectivity index (χ0n) is 44.9. The van der Waals surface area contributed by atoms with Crippen LogP contribution in [-0.2, 0) is 32.7 Å². The molecule has 0 spiro atoms.